The molecule has 0 radical (unpaired) electrons. The van der Waals surface area contributed by atoms with Crippen LogP contribution in [0.15, 0.2) is 41.6 Å². The molecule has 0 saturated heterocycles. The molecule has 2 amide bonds. The van der Waals surface area contributed by atoms with Gasteiger partial charge < -0.3 is 15.5 Å². The van der Waals surface area contributed by atoms with Crippen LogP contribution in [0.2, 0.25) is 15.1 Å². The summed E-state index contributed by atoms with van der Waals surface area (Å²) in [6.07, 6.45) is -5.50. The molecule has 2 aromatic rings. The summed E-state index contributed by atoms with van der Waals surface area (Å²) in [5, 5.41) is 8.61. The molecule has 0 saturated carbocycles. The van der Waals surface area contributed by atoms with Gasteiger partial charge in [0.25, 0.3) is 11.5 Å². The molecule has 0 bridgehead atoms. The first kappa shape index (κ1) is 25.1. The Bertz CT molecular complexity index is 1100. The van der Waals surface area contributed by atoms with Crippen LogP contribution >= 0.6 is 34.8 Å². The number of likely N-dealkylation sites (N-methyl/N-ethyl adjacent to an activating group) is 1. The summed E-state index contributed by atoms with van der Waals surface area (Å²) < 4.78 is 42.3. The monoisotopic (exact) mass is 521 g/mol. The number of carbonyl (C=O) groups excluding carboxylic acids is 2. The van der Waals surface area contributed by atoms with Gasteiger partial charge in [-0.15, -0.1) is 0 Å². The Labute approximate surface area is 202 Å². The molecule has 1 unspecified atom stereocenters. The predicted molar refractivity (Wildman–Crippen MR) is 119 cm³/mol. The van der Waals surface area contributed by atoms with Crippen molar-refractivity contribution in [2.45, 2.75) is 25.1 Å². The Balaban J connectivity index is 1.84. The van der Waals surface area contributed by atoms with E-state index in [1.165, 1.54) is 24.3 Å². The number of nitrogens with one attached hydrogen (secondary N) is 2. The number of oxime groups is 1. The summed E-state index contributed by atoms with van der Waals surface area (Å²) >= 11 is 18.0. The molecule has 1 aliphatic rings. The minimum Gasteiger partial charge on any atom is -0.374 e. The molecule has 0 fully saturated rings. The quantitative estimate of drug-likeness (QED) is 0.554. The molecule has 1 aliphatic heterocycles. The lowest BCUT2D eigenvalue weighted by molar-refractivity contribution is -0.275. The van der Waals surface area contributed by atoms with E-state index in [0.717, 1.165) is 12.1 Å². The molecule has 3 rings (SSSR count). The lowest BCUT2D eigenvalue weighted by Crippen LogP contribution is -2.42. The van der Waals surface area contributed by atoms with Crippen molar-refractivity contribution in [3.05, 3.63) is 68.2 Å². The highest BCUT2D eigenvalue weighted by Crippen LogP contribution is 2.49. The highest BCUT2D eigenvalue weighted by molar-refractivity contribution is 6.35. The number of hydrogen-bond acceptors (Lipinski definition) is 4. The number of halogens is 6. The van der Waals surface area contributed by atoms with Crippen LogP contribution in [-0.4, -0.2) is 36.8 Å². The van der Waals surface area contributed by atoms with Gasteiger partial charge in [-0.3, -0.25) is 9.59 Å². The van der Waals surface area contributed by atoms with E-state index in [0.29, 0.717) is 6.54 Å². The number of hydrogen-bond donors (Lipinski definition) is 2. The van der Waals surface area contributed by atoms with Crippen molar-refractivity contribution in [1.82, 2.24) is 10.6 Å². The first-order valence-corrected chi connectivity index (χ1v) is 10.7. The highest BCUT2D eigenvalue weighted by atomic mass is 35.5. The maximum atomic E-state index is 14.1. The molecule has 176 valence electrons. The van der Waals surface area contributed by atoms with Gasteiger partial charge in [0, 0.05) is 34.1 Å². The molecule has 1 heterocycles. The predicted octanol–water partition coefficient (Wildman–Crippen LogP) is 5.09. The van der Waals surface area contributed by atoms with E-state index < -0.39 is 24.1 Å². The average Bonchev–Trinajstić information content (AvgIpc) is 3.18. The van der Waals surface area contributed by atoms with Gasteiger partial charge in [0.1, 0.15) is 0 Å². The maximum absolute atomic E-state index is 14.1. The van der Waals surface area contributed by atoms with Crippen molar-refractivity contribution in [2.24, 2.45) is 5.16 Å². The second-order valence-corrected chi connectivity index (χ2v) is 8.40. The lowest BCUT2D eigenvalue weighted by atomic mass is 9.86. The molecule has 0 aromatic heterocycles. The van der Waals surface area contributed by atoms with Gasteiger partial charge in [0.15, 0.2) is 0 Å². The van der Waals surface area contributed by atoms with Crippen LogP contribution in [0.1, 0.15) is 34.8 Å². The number of benzene rings is 2. The molecule has 2 aromatic carbocycles. The Kier molecular flexibility index (Phi) is 7.45. The Morgan fingerprint density at radius 3 is 2.33 bits per heavy atom. The normalized spacial score (nSPS) is 17.8. The van der Waals surface area contributed by atoms with E-state index >= 15 is 0 Å². The zero-order valence-electron chi connectivity index (χ0n) is 17.0. The van der Waals surface area contributed by atoms with Crippen LogP contribution in [-0.2, 0) is 15.2 Å². The van der Waals surface area contributed by atoms with E-state index in [1.807, 2.05) is 0 Å². The lowest BCUT2D eigenvalue weighted by Gasteiger charge is -2.29. The molecule has 0 aliphatic carbocycles. The fraction of sp³-hybridized carbons (Fsp3) is 0.286. The number of nitrogens with zero attached hydrogens (tertiary/aromatic N) is 1. The van der Waals surface area contributed by atoms with Crippen LogP contribution in [0.5, 0.6) is 0 Å². The molecule has 0 spiro atoms. The van der Waals surface area contributed by atoms with Gasteiger partial charge in [-0.1, -0.05) is 46.0 Å². The smallest absolute Gasteiger partial charge is 0.374 e. The number of rotatable bonds is 6. The summed E-state index contributed by atoms with van der Waals surface area (Å²) in [7, 11) is 0. The Morgan fingerprint density at radius 2 is 1.76 bits per heavy atom. The molecule has 33 heavy (non-hydrogen) atoms. The summed E-state index contributed by atoms with van der Waals surface area (Å²) in [5.41, 5.74) is -2.82. The van der Waals surface area contributed by atoms with Crippen LogP contribution in [0.3, 0.4) is 0 Å². The van der Waals surface area contributed by atoms with Gasteiger partial charge in [-0.25, -0.2) is 0 Å². The first-order chi connectivity index (χ1) is 15.5. The summed E-state index contributed by atoms with van der Waals surface area (Å²) in [6.45, 7) is 1.90. The maximum Gasteiger partial charge on any atom is 0.435 e. The summed E-state index contributed by atoms with van der Waals surface area (Å²) in [4.78, 5) is 28.7. The van der Waals surface area contributed by atoms with Gasteiger partial charge in [-0.2, -0.15) is 13.2 Å². The van der Waals surface area contributed by atoms with Gasteiger partial charge in [0.2, 0.25) is 5.91 Å². The van der Waals surface area contributed by atoms with Gasteiger partial charge >= 0.3 is 6.18 Å². The van der Waals surface area contributed by atoms with Crippen molar-refractivity contribution in [3.63, 3.8) is 0 Å². The van der Waals surface area contributed by atoms with E-state index in [1.54, 1.807) is 6.92 Å². The number of carbonyl (C=O) groups is 2. The van der Waals surface area contributed by atoms with Crippen molar-refractivity contribution in [2.75, 3.05) is 13.1 Å². The second-order valence-electron chi connectivity index (χ2n) is 7.12. The highest BCUT2D eigenvalue weighted by Gasteiger charge is 2.62. The molecule has 12 heteroatoms. The van der Waals surface area contributed by atoms with Crippen molar-refractivity contribution < 1.29 is 27.6 Å². The largest absolute Gasteiger partial charge is 0.435 e. The van der Waals surface area contributed by atoms with Gasteiger partial charge in [-0.05, 0) is 37.3 Å². The average molecular weight is 523 g/mol. The number of amides is 2. The minimum absolute atomic E-state index is 0.0178. The zero-order valence-corrected chi connectivity index (χ0v) is 19.3. The fourth-order valence-corrected chi connectivity index (χ4v) is 4.03. The molecule has 6 nitrogen and oxygen atoms in total. The Morgan fingerprint density at radius 1 is 1.09 bits per heavy atom. The van der Waals surface area contributed by atoms with Crippen LogP contribution in [0, 0.1) is 0 Å². The van der Waals surface area contributed by atoms with Crippen LogP contribution < -0.4 is 10.6 Å². The second kappa shape index (κ2) is 9.79. The zero-order chi connectivity index (χ0) is 24.4. The summed E-state index contributed by atoms with van der Waals surface area (Å²) in [5.74, 6) is -0.985. The third-order valence-corrected chi connectivity index (χ3v) is 5.59. The van der Waals surface area contributed by atoms with Gasteiger partial charge in [0.05, 0.1) is 22.8 Å². The Hall–Kier alpha value is -2.49. The van der Waals surface area contributed by atoms with E-state index in [9.17, 15) is 22.8 Å². The SMILES string of the molecule is CCNC(=O)CNC(=O)c1ccc(C2=NOC(c3cc(Cl)cc(Cl)c3)(C(F)(F)F)C2)cc1Cl. The van der Waals surface area contributed by atoms with Crippen molar-refractivity contribution >= 4 is 52.3 Å². The fourth-order valence-electron chi connectivity index (χ4n) is 3.24. The van der Waals surface area contributed by atoms with E-state index in [2.05, 4.69) is 15.8 Å². The summed E-state index contributed by atoms with van der Waals surface area (Å²) in [6, 6.07) is 7.58. The number of alkyl halides is 3. The first-order valence-electron chi connectivity index (χ1n) is 9.60. The van der Waals surface area contributed by atoms with E-state index in [4.69, 9.17) is 39.6 Å². The molecule has 1 atom stereocenters. The molecular formula is C21H17Cl3F3N3O3. The third kappa shape index (κ3) is 5.37. The standard InChI is InChI=1S/C21H17Cl3F3N3O3/c1-2-28-18(31)10-29-19(32)15-4-3-11(5-16(15)24)17-9-20(33-30-17,21(25,26)27)12-6-13(22)8-14(23)7-12/h3-8H,2,9-10H2,1H3,(H,28,31)(H,29,32). The van der Waals surface area contributed by atoms with Crippen molar-refractivity contribution in [1.29, 1.82) is 0 Å². The molecular weight excluding hydrogens is 506 g/mol. The topological polar surface area (TPSA) is 79.8 Å². The van der Waals surface area contributed by atoms with Crippen molar-refractivity contribution in [3.8, 4) is 0 Å². The van der Waals surface area contributed by atoms with Crippen LogP contribution in [0.4, 0.5) is 13.2 Å². The van der Waals surface area contributed by atoms with Crippen LogP contribution in [0.25, 0.3) is 0 Å². The minimum atomic E-state index is -4.84. The van der Waals surface area contributed by atoms with E-state index in [-0.39, 0.29) is 49.9 Å². The molecule has 2 N–H and O–H groups in total. The third-order valence-electron chi connectivity index (χ3n) is 4.85.